The molecule has 1 aliphatic rings. The molecule has 0 bridgehead atoms. The van der Waals surface area contributed by atoms with Crippen LogP contribution in [-0.4, -0.2) is 15.4 Å². The van der Waals surface area contributed by atoms with Crippen LogP contribution in [0.15, 0.2) is 91.1 Å². The zero-order valence-corrected chi connectivity index (χ0v) is 21.9. The average Bonchev–Trinajstić information content (AvgIpc) is 3.30. The zero-order valence-electron chi connectivity index (χ0n) is 21.9. The van der Waals surface area contributed by atoms with E-state index in [1.165, 1.54) is 22.0 Å². The van der Waals surface area contributed by atoms with Gasteiger partial charge in [-0.15, -0.1) is 0 Å². The molecule has 1 atom stereocenters. The van der Waals surface area contributed by atoms with Gasteiger partial charge < -0.3 is 4.57 Å². The van der Waals surface area contributed by atoms with Gasteiger partial charge in [0.25, 0.3) is 5.91 Å². The van der Waals surface area contributed by atoms with Crippen molar-refractivity contribution >= 4 is 33.8 Å². The van der Waals surface area contributed by atoms with Crippen molar-refractivity contribution in [1.82, 2.24) is 9.47 Å². The van der Waals surface area contributed by atoms with Crippen molar-refractivity contribution in [2.45, 2.75) is 39.3 Å². The van der Waals surface area contributed by atoms with E-state index in [1.54, 1.807) is 4.90 Å². The highest BCUT2D eigenvalue weighted by Gasteiger charge is 2.45. The Morgan fingerprint density at radius 1 is 0.895 bits per heavy atom. The molecule has 1 aliphatic heterocycles. The molecule has 0 saturated heterocycles. The Morgan fingerprint density at radius 3 is 2.24 bits per heavy atom. The minimum atomic E-state index is -1.11. The number of carbonyl (C=O) groups is 1. The first-order valence-electron chi connectivity index (χ1n) is 13.1. The van der Waals surface area contributed by atoms with Gasteiger partial charge in [0.1, 0.15) is 0 Å². The first-order chi connectivity index (χ1) is 18.5. The number of fused-ring (bicyclic) bond motifs is 4. The number of amides is 1. The summed E-state index contributed by atoms with van der Waals surface area (Å²) in [5.41, 5.74) is 7.20. The molecule has 0 radical (unpaired) electrons. The third-order valence-electron chi connectivity index (χ3n) is 8.08. The first-order valence-corrected chi connectivity index (χ1v) is 13.1. The van der Waals surface area contributed by atoms with Crippen molar-refractivity contribution in [2.75, 3.05) is 0 Å². The Bertz CT molecular complexity index is 1770. The van der Waals surface area contributed by atoms with E-state index in [2.05, 4.69) is 73.0 Å². The van der Waals surface area contributed by atoms with Gasteiger partial charge in [-0.3, -0.25) is 9.69 Å². The van der Waals surface area contributed by atoms with E-state index in [0.717, 1.165) is 34.2 Å². The summed E-state index contributed by atoms with van der Waals surface area (Å²) >= 11 is 0. The quantitative estimate of drug-likeness (QED) is 0.256. The minimum Gasteiger partial charge on any atom is -0.336 e. The largest absolute Gasteiger partial charge is 0.336 e. The van der Waals surface area contributed by atoms with Gasteiger partial charge in [0.15, 0.2) is 5.54 Å². The monoisotopic (exact) mass is 495 g/mol. The van der Waals surface area contributed by atoms with E-state index in [-0.39, 0.29) is 5.91 Å². The fourth-order valence-corrected chi connectivity index (χ4v) is 6.28. The van der Waals surface area contributed by atoms with E-state index in [4.69, 9.17) is 0 Å². The lowest BCUT2D eigenvalue weighted by Gasteiger charge is -2.41. The summed E-state index contributed by atoms with van der Waals surface area (Å²) in [5.74, 6) is -0.167. The van der Waals surface area contributed by atoms with Crippen LogP contribution in [0, 0.1) is 25.2 Å². The van der Waals surface area contributed by atoms with Crippen molar-refractivity contribution < 1.29 is 4.79 Å². The Morgan fingerprint density at radius 2 is 1.55 bits per heavy atom. The van der Waals surface area contributed by atoms with Gasteiger partial charge in [-0.2, -0.15) is 5.26 Å². The molecule has 5 aromatic rings. The Kier molecular flexibility index (Phi) is 5.65. The molecule has 186 valence electrons. The second-order valence-electron chi connectivity index (χ2n) is 10.0. The topological polar surface area (TPSA) is 49.0 Å². The maximum atomic E-state index is 13.7. The van der Waals surface area contributed by atoms with Crippen molar-refractivity contribution in [3.8, 4) is 6.07 Å². The number of aromatic nitrogens is 1. The lowest BCUT2D eigenvalue weighted by Crippen LogP contribution is -2.47. The SMILES string of the molecule is CCC1(C#N)c2c(c(C)c3c(c2C)c2ccccc2n3Cc2ccccc2)C=CN1C(=O)c1ccccc1. The van der Waals surface area contributed by atoms with Crippen LogP contribution in [0.4, 0.5) is 0 Å². The maximum Gasteiger partial charge on any atom is 0.259 e. The number of para-hydroxylation sites is 1. The van der Waals surface area contributed by atoms with Crippen molar-refractivity contribution in [3.63, 3.8) is 0 Å². The van der Waals surface area contributed by atoms with Gasteiger partial charge in [-0.1, -0.05) is 73.7 Å². The molecule has 0 N–H and O–H groups in total. The lowest BCUT2D eigenvalue weighted by molar-refractivity contribution is 0.0691. The molecule has 2 heterocycles. The molecular weight excluding hydrogens is 466 g/mol. The molecule has 0 fully saturated rings. The van der Waals surface area contributed by atoms with Gasteiger partial charge in [-0.05, 0) is 66.8 Å². The summed E-state index contributed by atoms with van der Waals surface area (Å²) in [6, 6.07) is 30.8. The molecular formula is C34H29N3O. The lowest BCUT2D eigenvalue weighted by atomic mass is 9.76. The minimum absolute atomic E-state index is 0.167. The van der Waals surface area contributed by atoms with Crippen LogP contribution in [0.2, 0.25) is 0 Å². The number of rotatable bonds is 4. The molecule has 1 aromatic heterocycles. The number of nitrogens with zero attached hydrogens (tertiary/aromatic N) is 3. The number of nitriles is 1. The molecule has 4 heteroatoms. The molecule has 1 amide bonds. The summed E-state index contributed by atoms with van der Waals surface area (Å²) in [6.45, 7) is 7.02. The van der Waals surface area contributed by atoms with Crippen LogP contribution in [0.25, 0.3) is 27.9 Å². The summed E-state index contributed by atoms with van der Waals surface area (Å²) in [6.07, 6.45) is 4.31. The zero-order chi connectivity index (χ0) is 26.4. The predicted octanol–water partition coefficient (Wildman–Crippen LogP) is 7.72. The molecule has 4 aromatic carbocycles. The third-order valence-corrected chi connectivity index (χ3v) is 8.08. The normalized spacial score (nSPS) is 16.5. The molecule has 38 heavy (non-hydrogen) atoms. The van der Waals surface area contributed by atoms with Gasteiger partial charge in [-0.25, -0.2) is 0 Å². The van der Waals surface area contributed by atoms with Gasteiger partial charge in [0.2, 0.25) is 0 Å². The van der Waals surface area contributed by atoms with E-state index < -0.39 is 5.54 Å². The van der Waals surface area contributed by atoms with Crippen LogP contribution in [-0.2, 0) is 12.1 Å². The standard InChI is InChI=1S/C34H29N3O/c1-4-34(22-35)31-24(3)30-28-17-11-12-18-29(28)36(21-25-13-7-5-8-14-25)32(30)23(2)27(31)19-20-37(34)33(38)26-15-9-6-10-16-26/h5-20H,4,21H2,1-3H3. The molecule has 6 rings (SSSR count). The molecule has 0 spiro atoms. The highest BCUT2D eigenvalue weighted by atomic mass is 16.2. The highest BCUT2D eigenvalue weighted by Crippen LogP contribution is 2.47. The predicted molar refractivity (Wildman–Crippen MR) is 154 cm³/mol. The van der Waals surface area contributed by atoms with Crippen molar-refractivity contribution in [2.24, 2.45) is 0 Å². The second-order valence-corrected chi connectivity index (χ2v) is 10.0. The molecule has 0 saturated carbocycles. The first kappa shape index (κ1) is 23.8. The third kappa shape index (κ3) is 3.32. The van der Waals surface area contributed by atoms with Crippen LogP contribution in [0.5, 0.6) is 0 Å². The number of aryl methyl sites for hydroxylation is 2. The summed E-state index contributed by atoms with van der Waals surface area (Å²) in [4.78, 5) is 15.4. The van der Waals surface area contributed by atoms with E-state index in [1.807, 2.05) is 55.6 Å². The second kappa shape index (κ2) is 9.04. The maximum absolute atomic E-state index is 13.7. The van der Waals surface area contributed by atoms with Crippen LogP contribution >= 0.6 is 0 Å². The number of benzene rings is 4. The van der Waals surface area contributed by atoms with E-state index in [9.17, 15) is 10.1 Å². The molecule has 0 aliphatic carbocycles. The van der Waals surface area contributed by atoms with Gasteiger partial charge >= 0.3 is 0 Å². The van der Waals surface area contributed by atoms with E-state index in [0.29, 0.717) is 12.0 Å². The van der Waals surface area contributed by atoms with E-state index >= 15 is 0 Å². The average molecular weight is 496 g/mol. The Hall–Kier alpha value is -4.62. The number of carbonyl (C=O) groups excluding carboxylic acids is 1. The summed E-state index contributed by atoms with van der Waals surface area (Å²) in [7, 11) is 0. The fraction of sp³-hybridized carbons (Fsp3) is 0.176. The smallest absolute Gasteiger partial charge is 0.259 e. The summed E-state index contributed by atoms with van der Waals surface area (Å²) < 4.78 is 2.40. The highest BCUT2D eigenvalue weighted by molar-refractivity contribution is 6.12. The molecule has 4 nitrogen and oxygen atoms in total. The van der Waals surface area contributed by atoms with Crippen molar-refractivity contribution in [1.29, 1.82) is 5.26 Å². The van der Waals surface area contributed by atoms with Crippen LogP contribution in [0.1, 0.15) is 51.5 Å². The summed E-state index contributed by atoms with van der Waals surface area (Å²) in [5, 5.41) is 13.1. The van der Waals surface area contributed by atoms with Crippen molar-refractivity contribution in [3.05, 3.63) is 125 Å². The van der Waals surface area contributed by atoms with Gasteiger partial charge in [0.05, 0.1) is 11.6 Å². The Balaban J connectivity index is 1.66. The number of hydrogen-bond donors (Lipinski definition) is 0. The fourth-order valence-electron chi connectivity index (χ4n) is 6.28. The van der Waals surface area contributed by atoms with Gasteiger partial charge in [0, 0.05) is 40.2 Å². The number of hydrogen-bond acceptors (Lipinski definition) is 2. The Labute approximate surface area is 223 Å². The van der Waals surface area contributed by atoms with Crippen LogP contribution < -0.4 is 0 Å². The van der Waals surface area contributed by atoms with Crippen LogP contribution in [0.3, 0.4) is 0 Å². The molecule has 1 unspecified atom stereocenters.